The third-order valence-electron chi connectivity index (χ3n) is 3.88. The van der Waals surface area contributed by atoms with Crippen molar-refractivity contribution in [2.45, 2.75) is 38.1 Å². The Kier molecular flexibility index (Phi) is 4.20. The quantitative estimate of drug-likeness (QED) is 0.903. The van der Waals surface area contributed by atoms with Crippen molar-refractivity contribution in [3.05, 3.63) is 34.1 Å². The Morgan fingerprint density at radius 2 is 2.05 bits per heavy atom. The first-order valence-corrected chi connectivity index (χ1v) is 7.94. The topological polar surface area (TPSA) is 51.0 Å². The van der Waals surface area contributed by atoms with Gasteiger partial charge in [0.1, 0.15) is 0 Å². The van der Waals surface area contributed by atoms with E-state index in [4.69, 9.17) is 27.7 Å². The van der Waals surface area contributed by atoms with Gasteiger partial charge in [0, 0.05) is 15.6 Å². The highest BCUT2D eigenvalue weighted by Crippen LogP contribution is 2.35. The highest BCUT2D eigenvalue weighted by atomic mass is 35.5. The van der Waals surface area contributed by atoms with Crippen molar-refractivity contribution in [3.63, 3.8) is 0 Å². The minimum Gasteiger partial charge on any atom is -0.337 e. The second-order valence-corrected chi connectivity index (χ2v) is 6.32. The summed E-state index contributed by atoms with van der Waals surface area (Å²) in [5.74, 6) is 1.19. The molecule has 6 heteroatoms. The predicted octanol–water partition coefficient (Wildman–Crippen LogP) is 4.42. The smallest absolute Gasteiger partial charge is 0.247 e. The summed E-state index contributed by atoms with van der Waals surface area (Å²) in [6.07, 6.45) is 4.21. The van der Waals surface area contributed by atoms with E-state index in [1.165, 1.54) is 0 Å². The lowest BCUT2D eigenvalue weighted by Gasteiger charge is -2.24. The molecule has 1 aromatic heterocycles. The minimum absolute atomic E-state index is 0.178. The normalized spacial score (nSPS) is 21.9. The molecule has 1 aromatic carbocycles. The van der Waals surface area contributed by atoms with Gasteiger partial charge in [0.15, 0.2) is 0 Å². The number of hydrogen-bond donors (Lipinski definition) is 1. The van der Waals surface area contributed by atoms with Gasteiger partial charge in [-0.1, -0.05) is 41.7 Å². The Bertz CT molecular complexity index is 615. The third-order valence-corrected chi connectivity index (χ3v) is 4.31. The maximum atomic E-state index is 6.03. The summed E-state index contributed by atoms with van der Waals surface area (Å²) in [5, 5.41) is 8.75. The fourth-order valence-corrected chi connectivity index (χ4v) is 3.48. The second-order valence-electron chi connectivity index (χ2n) is 5.44. The molecule has 0 aliphatic carbocycles. The molecule has 0 spiro atoms. The summed E-state index contributed by atoms with van der Waals surface area (Å²) in [4.78, 5) is 4.58. The zero-order valence-electron chi connectivity index (χ0n) is 11.8. The maximum Gasteiger partial charge on any atom is 0.247 e. The zero-order valence-corrected chi connectivity index (χ0v) is 13.3. The molecule has 0 radical (unpaired) electrons. The average molecular weight is 326 g/mol. The molecule has 1 unspecified atom stereocenters. The van der Waals surface area contributed by atoms with Gasteiger partial charge < -0.3 is 9.84 Å². The first-order valence-electron chi connectivity index (χ1n) is 7.19. The molecule has 21 heavy (non-hydrogen) atoms. The molecule has 0 amide bonds. The summed E-state index contributed by atoms with van der Waals surface area (Å²) < 4.78 is 5.53. The lowest BCUT2D eigenvalue weighted by molar-refractivity contribution is 0.241. The van der Waals surface area contributed by atoms with Gasteiger partial charge in [-0.05, 0) is 44.0 Å². The van der Waals surface area contributed by atoms with Gasteiger partial charge in [0.25, 0.3) is 0 Å². The van der Waals surface area contributed by atoms with Crippen LogP contribution in [0.2, 0.25) is 10.0 Å². The third kappa shape index (κ3) is 2.93. The van der Waals surface area contributed by atoms with Crippen molar-refractivity contribution >= 4 is 23.2 Å². The maximum absolute atomic E-state index is 6.03. The highest BCUT2D eigenvalue weighted by molar-refractivity contribution is 6.35. The molecule has 1 N–H and O–H groups in total. The van der Waals surface area contributed by atoms with Crippen LogP contribution in [0.4, 0.5) is 0 Å². The fourth-order valence-electron chi connectivity index (χ4n) is 2.95. The van der Waals surface area contributed by atoms with Gasteiger partial charge in [0.05, 0.1) is 5.54 Å². The van der Waals surface area contributed by atoms with Gasteiger partial charge in [-0.15, -0.1) is 0 Å². The van der Waals surface area contributed by atoms with Crippen LogP contribution >= 0.6 is 23.2 Å². The Morgan fingerprint density at radius 1 is 1.29 bits per heavy atom. The van der Waals surface area contributed by atoms with Crippen LogP contribution in [0.3, 0.4) is 0 Å². The first-order chi connectivity index (χ1) is 10.1. The van der Waals surface area contributed by atoms with Crippen molar-refractivity contribution in [2.24, 2.45) is 0 Å². The van der Waals surface area contributed by atoms with E-state index < -0.39 is 0 Å². The van der Waals surface area contributed by atoms with Crippen LogP contribution < -0.4 is 5.32 Å². The van der Waals surface area contributed by atoms with Crippen molar-refractivity contribution < 1.29 is 4.52 Å². The van der Waals surface area contributed by atoms with Gasteiger partial charge in [-0.3, -0.25) is 0 Å². The highest BCUT2D eigenvalue weighted by Gasteiger charge is 2.39. The molecule has 1 aliphatic heterocycles. The zero-order chi connectivity index (χ0) is 14.9. The molecule has 1 saturated heterocycles. The molecule has 1 atom stereocenters. The monoisotopic (exact) mass is 325 g/mol. The largest absolute Gasteiger partial charge is 0.337 e. The molecule has 2 aromatic rings. The van der Waals surface area contributed by atoms with Crippen LogP contribution in [0.1, 0.15) is 38.5 Å². The molecule has 4 nitrogen and oxygen atoms in total. The van der Waals surface area contributed by atoms with Crippen LogP contribution in [0.25, 0.3) is 11.4 Å². The van der Waals surface area contributed by atoms with E-state index in [2.05, 4.69) is 22.4 Å². The molecular formula is C15H17Cl2N3O. The molecule has 2 heterocycles. The van der Waals surface area contributed by atoms with E-state index in [0.29, 0.717) is 21.8 Å². The summed E-state index contributed by atoms with van der Waals surface area (Å²) in [7, 11) is 0. The Morgan fingerprint density at radius 3 is 2.67 bits per heavy atom. The number of rotatable bonds is 4. The number of hydrogen-bond acceptors (Lipinski definition) is 4. The molecule has 112 valence electrons. The van der Waals surface area contributed by atoms with Crippen LogP contribution in [0, 0.1) is 0 Å². The standard InChI is InChI=1S/C15H17Cl2N3O/c1-2-4-15(5-3-6-18-15)14-19-13(20-21-14)10-7-11(16)9-12(17)8-10/h7-9,18H,2-6H2,1H3. The summed E-state index contributed by atoms with van der Waals surface area (Å²) >= 11 is 12.1. The number of halogens is 2. The number of nitrogens with zero attached hydrogens (tertiary/aromatic N) is 2. The summed E-state index contributed by atoms with van der Waals surface area (Å²) in [5.41, 5.74) is 0.592. The number of benzene rings is 1. The predicted molar refractivity (Wildman–Crippen MR) is 83.6 cm³/mol. The Balaban J connectivity index is 1.95. The van der Waals surface area contributed by atoms with Crippen molar-refractivity contribution in [1.29, 1.82) is 0 Å². The van der Waals surface area contributed by atoms with Gasteiger partial charge in [-0.2, -0.15) is 4.98 Å². The molecule has 0 bridgehead atoms. The van der Waals surface area contributed by atoms with Crippen molar-refractivity contribution in [2.75, 3.05) is 6.54 Å². The molecule has 0 saturated carbocycles. The van der Waals surface area contributed by atoms with E-state index in [9.17, 15) is 0 Å². The van der Waals surface area contributed by atoms with E-state index >= 15 is 0 Å². The number of aromatic nitrogens is 2. The molecular weight excluding hydrogens is 309 g/mol. The Labute approximate surface area is 133 Å². The molecule has 3 rings (SSSR count). The Hall–Kier alpha value is -1.10. The van der Waals surface area contributed by atoms with Gasteiger partial charge in [-0.25, -0.2) is 0 Å². The van der Waals surface area contributed by atoms with Crippen LogP contribution in [-0.4, -0.2) is 16.7 Å². The minimum atomic E-state index is -0.178. The SMILES string of the molecule is CCCC1(c2nc(-c3cc(Cl)cc(Cl)c3)no2)CCCN1. The van der Waals surface area contributed by atoms with Crippen LogP contribution in [0.5, 0.6) is 0 Å². The average Bonchev–Trinajstić information content (AvgIpc) is 3.07. The lowest BCUT2D eigenvalue weighted by Crippen LogP contribution is -2.36. The van der Waals surface area contributed by atoms with E-state index in [1.807, 2.05) is 0 Å². The fraction of sp³-hybridized carbons (Fsp3) is 0.467. The molecule has 1 aliphatic rings. The van der Waals surface area contributed by atoms with Crippen LogP contribution in [0.15, 0.2) is 22.7 Å². The van der Waals surface area contributed by atoms with Crippen molar-refractivity contribution in [3.8, 4) is 11.4 Å². The van der Waals surface area contributed by atoms with E-state index in [1.54, 1.807) is 18.2 Å². The summed E-state index contributed by atoms with van der Waals surface area (Å²) in [6.45, 7) is 3.15. The molecule has 1 fully saturated rings. The first kappa shape index (κ1) is 14.8. The van der Waals surface area contributed by atoms with Gasteiger partial charge in [0.2, 0.25) is 11.7 Å². The van der Waals surface area contributed by atoms with Crippen molar-refractivity contribution in [1.82, 2.24) is 15.5 Å². The van der Waals surface area contributed by atoms with E-state index in [0.717, 1.165) is 37.8 Å². The second kappa shape index (κ2) is 5.95. The van der Waals surface area contributed by atoms with E-state index in [-0.39, 0.29) is 5.54 Å². The van der Waals surface area contributed by atoms with Crippen LogP contribution in [-0.2, 0) is 5.54 Å². The summed E-state index contributed by atoms with van der Waals surface area (Å²) in [6, 6.07) is 5.26. The number of nitrogens with one attached hydrogen (secondary N) is 1. The van der Waals surface area contributed by atoms with Gasteiger partial charge >= 0.3 is 0 Å². The lowest BCUT2D eigenvalue weighted by atomic mass is 9.92.